The summed E-state index contributed by atoms with van der Waals surface area (Å²) in [7, 11) is 1.63. The van der Waals surface area contributed by atoms with Crippen molar-refractivity contribution in [3.8, 4) is 0 Å². The van der Waals surface area contributed by atoms with E-state index in [1.54, 1.807) is 7.05 Å². The van der Waals surface area contributed by atoms with Gasteiger partial charge in [0.05, 0.1) is 11.1 Å². The third kappa shape index (κ3) is 3.34. The Hall–Kier alpha value is -2.31. The lowest BCUT2D eigenvalue weighted by Gasteiger charge is -2.23. The molecule has 1 aliphatic heterocycles. The largest absolute Gasteiger partial charge is 0.367 e. The summed E-state index contributed by atoms with van der Waals surface area (Å²) >= 11 is 0. The van der Waals surface area contributed by atoms with E-state index in [9.17, 15) is 14.4 Å². The second-order valence-corrected chi connectivity index (χ2v) is 7.09. The third-order valence-electron chi connectivity index (χ3n) is 4.64. The lowest BCUT2D eigenvalue weighted by Crippen LogP contribution is -2.37. The third-order valence-corrected chi connectivity index (χ3v) is 4.64. The van der Waals surface area contributed by atoms with Crippen LogP contribution in [0.1, 0.15) is 52.3 Å². The zero-order valence-corrected chi connectivity index (χ0v) is 16.7. The summed E-state index contributed by atoms with van der Waals surface area (Å²) in [5.74, 6) is -0.503. The van der Waals surface area contributed by atoms with E-state index in [1.165, 1.54) is 9.58 Å². The van der Waals surface area contributed by atoms with E-state index < -0.39 is 0 Å². The quantitative estimate of drug-likeness (QED) is 0.715. The fourth-order valence-corrected chi connectivity index (χ4v) is 3.45. The van der Waals surface area contributed by atoms with Crippen LogP contribution in [0.15, 0.2) is 10.5 Å². The van der Waals surface area contributed by atoms with E-state index >= 15 is 0 Å². The number of nitrogens with one attached hydrogen (secondary N) is 1. The van der Waals surface area contributed by atoms with Crippen LogP contribution in [0.4, 0.5) is 0 Å². The van der Waals surface area contributed by atoms with E-state index in [1.807, 2.05) is 39.5 Å². The fourth-order valence-electron chi connectivity index (χ4n) is 3.45. The summed E-state index contributed by atoms with van der Waals surface area (Å²) in [5, 5.41) is 3.05. The monoisotopic (exact) mass is 362 g/mol. The SMILES string of the molecule is CCCc1[nH]n(C)c(=O)c1C1=C(N(CC)CC)C(=O)N(CC(C)C)C1=O. The molecule has 1 aliphatic rings. The molecule has 2 rings (SSSR count). The Morgan fingerprint density at radius 1 is 1.04 bits per heavy atom. The van der Waals surface area contributed by atoms with E-state index in [0.717, 1.165) is 6.42 Å². The maximum Gasteiger partial charge on any atom is 0.277 e. The van der Waals surface area contributed by atoms with Crippen LogP contribution in [0.5, 0.6) is 0 Å². The number of H-pyrrole nitrogens is 1. The predicted octanol–water partition coefficient (Wildman–Crippen LogP) is 1.74. The van der Waals surface area contributed by atoms with Gasteiger partial charge in [0.25, 0.3) is 17.4 Å². The van der Waals surface area contributed by atoms with Gasteiger partial charge in [0, 0.05) is 32.4 Å². The molecule has 0 saturated carbocycles. The molecule has 2 amide bonds. The van der Waals surface area contributed by atoms with Crippen LogP contribution >= 0.6 is 0 Å². The van der Waals surface area contributed by atoms with Gasteiger partial charge >= 0.3 is 0 Å². The van der Waals surface area contributed by atoms with E-state index in [2.05, 4.69) is 5.10 Å². The van der Waals surface area contributed by atoms with Crippen LogP contribution in [-0.2, 0) is 23.1 Å². The van der Waals surface area contributed by atoms with Crippen LogP contribution in [0.3, 0.4) is 0 Å². The Bertz CT molecular complexity index is 781. The number of likely N-dealkylation sites (N-methyl/N-ethyl adjacent to an activating group) is 1. The van der Waals surface area contributed by atoms with Crippen molar-refractivity contribution in [3.05, 3.63) is 27.3 Å². The molecule has 7 heteroatoms. The number of imide groups is 1. The number of amides is 2. The molecule has 2 heterocycles. The predicted molar refractivity (Wildman–Crippen MR) is 101 cm³/mol. The summed E-state index contributed by atoms with van der Waals surface area (Å²) < 4.78 is 1.38. The fraction of sp³-hybridized carbons (Fsp3) is 0.632. The highest BCUT2D eigenvalue weighted by Crippen LogP contribution is 2.32. The van der Waals surface area contributed by atoms with Gasteiger partial charge in [-0.2, -0.15) is 0 Å². The molecule has 0 aliphatic carbocycles. The molecule has 0 bridgehead atoms. The number of aromatic nitrogens is 2. The first-order valence-electron chi connectivity index (χ1n) is 9.41. The standard InChI is InChI=1S/C19H30N4O3/c1-7-10-13-14(17(24)21(6)20-13)15-16(22(8-2)9-3)19(26)23(18(15)25)11-12(4)5/h12,20H,7-11H2,1-6H3. The molecular weight excluding hydrogens is 332 g/mol. The van der Waals surface area contributed by atoms with Crippen molar-refractivity contribution in [2.24, 2.45) is 13.0 Å². The molecule has 0 atom stereocenters. The molecule has 0 fully saturated rings. The number of hydrogen-bond acceptors (Lipinski definition) is 4. The van der Waals surface area contributed by atoms with Crippen molar-refractivity contribution in [3.63, 3.8) is 0 Å². The molecule has 0 spiro atoms. The molecule has 0 aromatic carbocycles. The molecule has 0 unspecified atom stereocenters. The summed E-state index contributed by atoms with van der Waals surface area (Å²) in [5.41, 5.74) is 1.41. The molecule has 26 heavy (non-hydrogen) atoms. The van der Waals surface area contributed by atoms with Gasteiger partial charge in [-0.1, -0.05) is 27.2 Å². The van der Waals surface area contributed by atoms with E-state index in [4.69, 9.17) is 0 Å². The van der Waals surface area contributed by atoms with Gasteiger partial charge in [0.1, 0.15) is 5.70 Å². The van der Waals surface area contributed by atoms with Crippen molar-refractivity contribution in [2.75, 3.05) is 19.6 Å². The maximum absolute atomic E-state index is 13.2. The van der Waals surface area contributed by atoms with Crippen molar-refractivity contribution < 1.29 is 9.59 Å². The van der Waals surface area contributed by atoms with Gasteiger partial charge in [0.2, 0.25) is 0 Å². The van der Waals surface area contributed by atoms with E-state index in [0.29, 0.717) is 43.0 Å². The number of aromatic amines is 1. The number of aryl methyl sites for hydroxylation is 2. The van der Waals surface area contributed by atoms with Crippen LogP contribution in [0.2, 0.25) is 0 Å². The Kier molecular flexibility index (Phi) is 6.10. The highest BCUT2D eigenvalue weighted by molar-refractivity contribution is 6.35. The number of carbonyl (C=O) groups is 2. The molecule has 144 valence electrons. The van der Waals surface area contributed by atoms with Gasteiger partial charge in [-0.3, -0.25) is 29.1 Å². The summed E-state index contributed by atoms with van der Waals surface area (Å²) in [4.78, 5) is 42.2. The zero-order valence-electron chi connectivity index (χ0n) is 16.7. The smallest absolute Gasteiger partial charge is 0.277 e. The molecule has 7 nitrogen and oxygen atoms in total. The Labute approximate surface area is 154 Å². The topological polar surface area (TPSA) is 78.4 Å². The van der Waals surface area contributed by atoms with Crippen LogP contribution in [0, 0.1) is 5.92 Å². The molecule has 1 aromatic rings. The average Bonchev–Trinajstić information content (AvgIpc) is 2.98. The lowest BCUT2D eigenvalue weighted by molar-refractivity contribution is -0.138. The first-order chi connectivity index (χ1) is 12.3. The Morgan fingerprint density at radius 3 is 2.15 bits per heavy atom. The van der Waals surface area contributed by atoms with Crippen molar-refractivity contribution >= 4 is 17.4 Å². The van der Waals surface area contributed by atoms with Crippen LogP contribution < -0.4 is 5.56 Å². The van der Waals surface area contributed by atoms with Gasteiger partial charge in [-0.25, -0.2) is 0 Å². The minimum atomic E-state index is -0.361. The molecule has 0 saturated heterocycles. The van der Waals surface area contributed by atoms with E-state index in [-0.39, 0.29) is 28.9 Å². The van der Waals surface area contributed by atoms with Crippen LogP contribution in [-0.4, -0.2) is 51.0 Å². The normalized spacial score (nSPS) is 15.0. The summed E-state index contributed by atoms with van der Waals surface area (Å²) in [6.07, 6.45) is 1.48. The minimum absolute atomic E-state index is 0.157. The molecule has 0 radical (unpaired) electrons. The molecule has 1 aromatic heterocycles. The second-order valence-electron chi connectivity index (χ2n) is 7.09. The van der Waals surface area contributed by atoms with Crippen molar-refractivity contribution in [2.45, 2.75) is 47.5 Å². The first kappa shape index (κ1) is 20.0. The van der Waals surface area contributed by atoms with Crippen molar-refractivity contribution in [1.29, 1.82) is 0 Å². The van der Waals surface area contributed by atoms with Gasteiger partial charge in [0.15, 0.2) is 0 Å². The van der Waals surface area contributed by atoms with Gasteiger partial charge in [-0.15, -0.1) is 0 Å². The van der Waals surface area contributed by atoms with Gasteiger partial charge < -0.3 is 4.90 Å². The zero-order chi connectivity index (χ0) is 19.6. The summed E-state index contributed by atoms with van der Waals surface area (Å²) in [6, 6.07) is 0. The molecular formula is C19H30N4O3. The second kappa shape index (κ2) is 7.93. The Morgan fingerprint density at radius 2 is 1.65 bits per heavy atom. The first-order valence-corrected chi connectivity index (χ1v) is 9.41. The highest BCUT2D eigenvalue weighted by Gasteiger charge is 2.43. The highest BCUT2D eigenvalue weighted by atomic mass is 16.2. The molecule has 1 N–H and O–H groups in total. The average molecular weight is 362 g/mol. The van der Waals surface area contributed by atoms with Gasteiger partial charge in [-0.05, 0) is 26.2 Å². The maximum atomic E-state index is 13.2. The number of rotatable bonds is 8. The Balaban J connectivity index is 2.73. The number of hydrogen-bond donors (Lipinski definition) is 1. The lowest BCUT2D eigenvalue weighted by atomic mass is 10.0. The summed E-state index contributed by atoms with van der Waals surface area (Å²) in [6.45, 7) is 11.4. The van der Waals surface area contributed by atoms with Crippen molar-refractivity contribution in [1.82, 2.24) is 19.6 Å². The number of carbonyl (C=O) groups excluding carboxylic acids is 2. The van der Waals surface area contributed by atoms with Crippen LogP contribution in [0.25, 0.3) is 5.57 Å². The number of nitrogens with zero attached hydrogens (tertiary/aromatic N) is 3. The minimum Gasteiger partial charge on any atom is -0.367 e.